The third-order valence-electron chi connectivity index (χ3n) is 7.28. The number of carbonyl (C=O) groups is 1. The van der Waals surface area contributed by atoms with Crippen LogP contribution in [0, 0.1) is 0 Å². The van der Waals surface area contributed by atoms with Crippen molar-refractivity contribution in [2.75, 3.05) is 37.7 Å². The van der Waals surface area contributed by atoms with Crippen molar-refractivity contribution in [3.8, 4) is 0 Å². The van der Waals surface area contributed by atoms with E-state index >= 15 is 0 Å². The lowest BCUT2D eigenvalue weighted by Crippen LogP contribution is -2.49. The zero-order chi connectivity index (χ0) is 23.1. The van der Waals surface area contributed by atoms with Gasteiger partial charge in [0.2, 0.25) is 15.9 Å². The Morgan fingerprint density at radius 3 is 2.45 bits per heavy atom. The van der Waals surface area contributed by atoms with Crippen LogP contribution in [0.25, 0.3) is 0 Å². The Morgan fingerprint density at radius 2 is 1.73 bits per heavy atom. The first-order chi connectivity index (χ1) is 15.9. The van der Waals surface area contributed by atoms with Gasteiger partial charge in [-0.05, 0) is 73.6 Å². The third kappa shape index (κ3) is 4.09. The predicted octanol–water partition coefficient (Wildman–Crippen LogP) is 4.15. The number of halogens is 1. The molecule has 0 saturated carbocycles. The molecule has 3 aliphatic heterocycles. The van der Waals surface area contributed by atoms with Gasteiger partial charge in [0.05, 0.1) is 10.3 Å². The summed E-state index contributed by atoms with van der Waals surface area (Å²) < 4.78 is 33.5. The van der Waals surface area contributed by atoms with Crippen LogP contribution >= 0.6 is 11.6 Å². The summed E-state index contributed by atoms with van der Waals surface area (Å²) >= 11 is 6.28. The highest BCUT2D eigenvalue weighted by Crippen LogP contribution is 2.41. The van der Waals surface area contributed by atoms with Crippen molar-refractivity contribution >= 4 is 33.2 Å². The van der Waals surface area contributed by atoms with E-state index in [1.807, 2.05) is 35.2 Å². The van der Waals surface area contributed by atoms with Crippen LogP contribution in [-0.2, 0) is 31.4 Å². The highest BCUT2D eigenvalue weighted by atomic mass is 35.5. The molecule has 3 heterocycles. The molecular weight excluding hydrogens is 460 g/mol. The minimum Gasteiger partial charge on any atom is -0.381 e. The van der Waals surface area contributed by atoms with E-state index in [9.17, 15) is 13.2 Å². The average Bonchev–Trinajstić information content (AvgIpc) is 3.28. The Labute approximate surface area is 200 Å². The molecule has 2 fully saturated rings. The van der Waals surface area contributed by atoms with Crippen molar-refractivity contribution in [2.45, 2.75) is 48.8 Å². The largest absolute Gasteiger partial charge is 0.381 e. The first-order valence-electron chi connectivity index (χ1n) is 11.7. The van der Waals surface area contributed by atoms with E-state index < -0.39 is 15.4 Å². The molecule has 0 aromatic heterocycles. The van der Waals surface area contributed by atoms with Crippen LogP contribution < -0.4 is 4.90 Å². The van der Waals surface area contributed by atoms with Crippen molar-refractivity contribution in [2.24, 2.45) is 0 Å². The van der Waals surface area contributed by atoms with Crippen LogP contribution in [-0.4, -0.2) is 51.5 Å². The normalized spacial score (nSPS) is 21.1. The molecule has 1 amide bonds. The van der Waals surface area contributed by atoms with Crippen LogP contribution in [0.5, 0.6) is 0 Å². The maximum absolute atomic E-state index is 14.0. The number of rotatable bonds is 4. The van der Waals surface area contributed by atoms with Gasteiger partial charge in [0.1, 0.15) is 0 Å². The number of sulfonamides is 1. The fourth-order valence-electron chi connectivity index (χ4n) is 5.39. The van der Waals surface area contributed by atoms with Crippen molar-refractivity contribution in [3.05, 3.63) is 58.6 Å². The standard InChI is InChI=1S/C25H29ClN2O4S/c26-21-6-4-5-20(18-21)25(10-15-32-16-11-25)24(29)28-14-9-19-17-22(7-8-23(19)28)33(30,31)27-12-2-1-3-13-27/h4-8,17-18H,1-3,9-16H2. The summed E-state index contributed by atoms with van der Waals surface area (Å²) in [4.78, 5) is 16.2. The average molecular weight is 489 g/mol. The molecular formula is C25H29ClN2O4S. The molecule has 0 aliphatic carbocycles. The number of hydrogen-bond acceptors (Lipinski definition) is 4. The lowest BCUT2D eigenvalue weighted by Gasteiger charge is -2.39. The fraction of sp³-hybridized carbons (Fsp3) is 0.480. The first-order valence-corrected chi connectivity index (χ1v) is 13.5. The number of hydrogen-bond donors (Lipinski definition) is 0. The molecule has 5 rings (SSSR count). The quantitative estimate of drug-likeness (QED) is 0.648. The number of fused-ring (bicyclic) bond motifs is 1. The second-order valence-electron chi connectivity index (χ2n) is 9.17. The van der Waals surface area contributed by atoms with Crippen LogP contribution in [0.15, 0.2) is 47.4 Å². The van der Waals surface area contributed by atoms with Gasteiger partial charge in [0.25, 0.3) is 0 Å². The topological polar surface area (TPSA) is 66.9 Å². The molecule has 176 valence electrons. The fourth-order valence-corrected chi connectivity index (χ4v) is 7.15. The maximum Gasteiger partial charge on any atom is 0.243 e. The summed E-state index contributed by atoms with van der Waals surface area (Å²) in [6, 6.07) is 12.8. The molecule has 2 saturated heterocycles. The van der Waals surface area contributed by atoms with E-state index in [1.54, 1.807) is 16.4 Å². The minimum absolute atomic E-state index is 0.0402. The Kier molecular flexibility index (Phi) is 6.25. The molecule has 0 spiro atoms. The van der Waals surface area contributed by atoms with Gasteiger partial charge in [-0.25, -0.2) is 8.42 Å². The molecule has 0 atom stereocenters. The Morgan fingerprint density at radius 1 is 0.970 bits per heavy atom. The van der Waals surface area contributed by atoms with E-state index in [0.29, 0.717) is 62.0 Å². The number of anilines is 1. The SMILES string of the molecule is O=C(N1CCc2cc(S(=O)(=O)N3CCCCC3)ccc21)C1(c2cccc(Cl)c2)CCOCC1. The van der Waals surface area contributed by atoms with Crippen molar-refractivity contribution < 1.29 is 17.9 Å². The lowest BCUT2D eigenvalue weighted by atomic mass is 9.73. The summed E-state index contributed by atoms with van der Waals surface area (Å²) in [5, 5.41) is 0.612. The number of piperidine rings is 1. The van der Waals surface area contributed by atoms with Crippen molar-refractivity contribution in [1.29, 1.82) is 0 Å². The molecule has 33 heavy (non-hydrogen) atoms. The second kappa shape index (κ2) is 9.02. The Bertz CT molecular complexity index is 1150. The molecule has 3 aliphatic rings. The number of carbonyl (C=O) groups excluding carboxylic acids is 1. The van der Waals surface area contributed by atoms with Crippen LogP contribution in [0.3, 0.4) is 0 Å². The monoisotopic (exact) mass is 488 g/mol. The van der Waals surface area contributed by atoms with Gasteiger partial charge < -0.3 is 9.64 Å². The summed E-state index contributed by atoms with van der Waals surface area (Å²) in [6.07, 6.45) is 4.72. The summed E-state index contributed by atoms with van der Waals surface area (Å²) in [5.41, 5.74) is 1.95. The second-order valence-corrected chi connectivity index (χ2v) is 11.5. The summed E-state index contributed by atoms with van der Waals surface area (Å²) in [6.45, 7) is 2.74. The minimum atomic E-state index is -3.50. The molecule has 0 radical (unpaired) electrons. The molecule has 0 N–H and O–H groups in total. The van der Waals surface area contributed by atoms with Gasteiger partial charge in [-0.2, -0.15) is 4.31 Å². The van der Waals surface area contributed by atoms with Gasteiger partial charge in [0, 0.05) is 43.6 Å². The molecule has 0 bridgehead atoms. The van der Waals surface area contributed by atoms with E-state index in [4.69, 9.17) is 16.3 Å². The highest BCUT2D eigenvalue weighted by molar-refractivity contribution is 7.89. The molecule has 6 nitrogen and oxygen atoms in total. The first kappa shape index (κ1) is 22.8. The summed E-state index contributed by atoms with van der Waals surface area (Å²) in [5.74, 6) is 0.0402. The van der Waals surface area contributed by atoms with Crippen molar-refractivity contribution in [3.63, 3.8) is 0 Å². The number of nitrogens with zero attached hydrogens (tertiary/aromatic N) is 2. The van der Waals surface area contributed by atoms with Gasteiger partial charge in [-0.1, -0.05) is 30.2 Å². The summed E-state index contributed by atoms with van der Waals surface area (Å²) in [7, 11) is -3.50. The van der Waals surface area contributed by atoms with Gasteiger partial charge >= 0.3 is 0 Å². The van der Waals surface area contributed by atoms with E-state index in [-0.39, 0.29) is 5.91 Å². The zero-order valence-electron chi connectivity index (χ0n) is 18.6. The lowest BCUT2D eigenvalue weighted by molar-refractivity contribution is -0.127. The smallest absolute Gasteiger partial charge is 0.243 e. The Balaban J connectivity index is 1.46. The zero-order valence-corrected chi connectivity index (χ0v) is 20.2. The Hall–Kier alpha value is -1.93. The van der Waals surface area contributed by atoms with Crippen LogP contribution in [0.4, 0.5) is 5.69 Å². The van der Waals surface area contributed by atoms with Gasteiger partial charge in [0.15, 0.2) is 0 Å². The van der Waals surface area contributed by atoms with Crippen LogP contribution in [0.1, 0.15) is 43.2 Å². The van der Waals surface area contributed by atoms with Crippen molar-refractivity contribution in [1.82, 2.24) is 4.31 Å². The molecule has 2 aromatic rings. The molecule has 2 aromatic carbocycles. The van der Waals surface area contributed by atoms with Crippen LogP contribution in [0.2, 0.25) is 5.02 Å². The van der Waals surface area contributed by atoms with Gasteiger partial charge in [-0.3, -0.25) is 4.79 Å². The molecule has 0 unspecified atom stereocenters. The van der Waals surface area contributed by atoms with E-state index in [1.165, 1.54) is 0 Å². The number of ether oxygens (including phenoxy) is 1. The number of amides is 1. The van der Waals surface area contributed by atoms with E-state index in [2.05, 4.69) is 0 Å². The van der Waals surface area contributed by atoms with Gasteiger partial charge in [-0.15, -0.1) is 0 Å². The molecule has 8 heteroatoms. The van der Waals surface area contributed by atoms with E-state index in [0.717, 1.165) is 36.1 Å². The predicted molar refractivity (Wildman–Crippen MR) is 128 cm³/mol. The maximum atomic E-state index is 14.0. The number of benzene rings is 2. The third-order valence-corrected chi connectivity index (χ3v) is 9.41. The highest BCUT2D eigenvalue weighted by Gasteiger charge is 2.46.